The van der Waals surface area contributed by atoms with Crippen molar-refractivity contribution in [2.45, 2.75) is 10.6 Å². The summed E-state index contributed by atoms with van der Waals surface area (Å²) < 4.78 is 0. The molecule has 0 fully saturated rings. The molecule has 88 valence electrons. The number of halogens is 2. The van der Waals surface area contributed by atoms with Crippen molar-refractivity contribution in [1.82, 2.24) is 0 Å². The van der Waals surface area contributed by atoms with Crippen LogP contribution in [0.2, 0.25) is 10.0 Å². The van der Waals surface area contributed by atoms with Gasteiger partial charge in [0.25, 0.3) is 0 Å². The minimum atomic E-state index is 0.587. The maximum absolute atomic E-state index is 5.95. The van der Waals surface area contributed by atoms with E-state index in [4.69, 9.17) is 28.9 Å². The number of anilines is 1. The molecule has 0 saturated heterocycles. The molecule has 0 heterocycles. The van der Waals surface area contributed by atoms with E-state index >= 15 is 0 Å². The zero-order valence-electron chi connectivity index (χ0n) is 8.99. The predicted octanol–water partition coefficient (Wildman–Crippen LogP) is 4.87. The zero-order valence-corrected chi connectivity index (χ0v) is 11.3. The lowest BCUT2D eigenvalue weighted by Crippen LogP contribution is -1.85. The molecule has 1 nitrogen and oxygen atoms in total. The number of thioether (sulfide) groups is 1. The molecular formula is C13H11Cl2NS. The van der Waals surface area contributed by atoms with Gasteiger partial charge in [-0.3, -0.25) is 0 Å². The fourth-order valence-corrected chi connectivity index (χ4v) is 2.60. The Morgan fingerprint density at radius 3 is 2.29 bits per heavy atom. The van der Waals surface area contributed by atoms with E-state index in [1.807, 2.05) is 42.5 Å². The zero-order chi connectivity index (χ0) is 12.3. The van der Waals surface area contributed by atoms with Crippen molar-refractivity contribution in [3.63, 3.8) is 0 Å². The summed E-state index contributed by atoms with van der Waals surface area (Å²) in [7, 11) is 0. The highest BCUT2D eigenvalue weighted by Crippen LogP contribution is 2.29. The number of hydrogen-bond acceptors (Lipinski definition) is 2. The van der Waals surface area contributed by atoms with Crippen molar-refractivity contribution < 1.29 is 0 Å². The van der Waals surface area contributed by atoms with E-state index in [1.165, 1.54) is 5.56 Å². The van der Waals surface area contributed by atoms with Crippen LogP contribution in [-0.4, -0.2) is 0 Å². The topological polar surface area (TPSA) is 26.0 Å². The first kappa shape index (κ1) is 12.6. The third-order valence-corrected chi connectivity index (χ3v) is 4.08. The second-order valence-electron chi connectivity index (χ2n) is 3.61. The van der Waals surface area contributed by atoms with E-state index in [9.17, 15) is 0 Å². The average Bonchev–Trinajstić information content (AvgIpc) is 2.33. The maximum atomic E-state index is 5.95. The monoisotopic (exact) mass is 283 g/mol. The molecule has 2 N–H and O–H groups in total. The lowest BCUT2D eigenvalue weighted by Gasteiger charge is -2.04. The molecule has 0 unspecified atom stereocenters. The molecule has 0 amide bonds. The van der Waals surface area contributed by atoms with Crippen LogP contribution in [0.1, 0.15) is 5.56 Å². The molecule has 0 saturated carbocycles. The SMILES string of the molecule is Nc1ccc(CSc2ccc(Cl)c(Cl)c2)cc1. The van der Waals surface area contributed by atoms with Crippen molar-refractivity contribution in [3.8, 4) is 0 Å². The Morgan fingerprint density at radius 2 is 1.65 bits per heavy atom. The Kier molecular flexibility index (Phi) is 4.21. The summed E-state index contributed by atoms with van der Waals surface area (Å²) in [4.78, 5) is 1.11. The molecule has 2 aromatic carbocycles. The van der Waals surface area contributed by atoms with Crippen molar-refractivity contribution >= 4 is 40.7 Å². The molecule has 2 aromatic rings. The lowest BCUT2D eigenvalue weighted by atomic mass is 10.2. The summed E-state index contributed by atoms with van der Waals surface area (Å²) in [6.07, 6.45) is 0. The molecule has 0 spiro atoms. The smallest absolute Gasteiger partial charge is 0.0603 e. The van der Waals surface area contributed by atoms with Crippen LogP contribution in [0.3, 0.4) is 0 Å². The van der Waals surface area contributed by atoms with Crippen LogP contribution < -0.4 is 5.73 Å². The first-order chi connectivity index (χ1) is 8.15. The number of hydrogen-bond donors (Lipinski definition) is 1. The van der Waals surface area contributed by atoms with Gasteiger partial charge in [-0.15, -0.1) is 11.8 Å². The largest absolute Gasteiger partial charge is 0.399 e. The van der Waals surface area contributed by atoms with Crippen molar-refractivity contribution in [3.05, 3.63) is 58.1 Å². The number of rotatable bonds is 3. The first-order valence-corrected chi connectivity index (χ1v) is 6.81. The fraction of sp³-hybridized carbons (Fsp3) is 0.0769. The van der Waals surface area contributed by atoms with Gasteiger partial charge in [-0.25, -0.2) is 0 Å². The molecule has 0 aromatic heterocycles. The van der Waals surface area contributed by atoms with Gasteiger partial charge in [0.05, 0.1) is 10.0 Å². The summed E-state index contributed by atoms with van der Waals surface area (Å²) in [5, 5.41) is 1.18. The summed E-state index contributed by atoms with van der Waals surface area (Å²) in [5.41, 5.74) is 7.65. The fourth-order valence-electron chi connectivity index (χ4n) is 1.35. The Balaban J connectivity index is 2.02. The third kappa shape index (κ3) is 3.56. The van der Waals surface area contributed by atoms with Crippen molar-refractivity contribution in [2.24, 2.45) is 0 Å². The molecule has 0 atom stereocenters. The average molecular weight is 284 g/mol. The molecule has 17 heavy (non-hydrogen) atoms. The van der Waals surface area contributed by atoms with Crippen LogP contribution in [0.4, 0.5) is 5.69 Å². The highest BCUT2D eigenvalue weighted by molar-refractivity contribution is 7.98. The van der Waals surface area contributed by atoms with Crippen LogP contribution in [0.15, 0.2) is 47.4 Å². The highest BCUT2D eigenvalue weighted by atomic mass is 35.5. The van der Waals surface area contributed by atoms with E-state index < -0.39 is 0 Å². The van der Waals surface area contributed by atoms with E-state index in [2.05, 4.69) is 0 Å². The minimum absolute atomic E-state index is 0.587. The number of nitrogens with two attached hydrogens (primary N) is 1. The Bertz CT molecular complexity index is 511. The highest BCUT2D eigenvalue weighted by Gasteiger charge is 2.01. The molecule has 2 rings (SSSR count). The van der Waals surface area contributed by atoms with Gasteiger partial charge < -0.3 is 5.73 Å². The Morgan fingerprint density at radius 1 is 0.941 bits per heavy atom. The van der Waals surface area contributed by atoms with Gasteiger partial charge in [-0.2, -0.15) is 0 Å². The first-order valence-electron chi connectivity index (χ1n) is 5.07. The van der Waals surface area contributed by atoms with Gasteiger partial charge in [-0.05, 0) is 35.9 Å². The molecule has 4 heteroatoms. The van der Waals surface area contributed by atoms with E-state index in [1.54, 1.807) is 11.8 Å². The molecule has 0 aliphatic heterocycles. The molecule has 0 radical (unpaired) electrons. The Labute approximate surface area is 115 Å². The third-order valence-electron chi connectivity index (χ3n) is 2.28. The summed E-state index contributed by atoms with van der Waals surface area (Å²) in [5.74, 6) is 0.887. The minimum Gasteiger partial charge on any atom is -0.399 e. The molecule has 0 bridgehead atoms. The second-order valence-corrected chi connectivity index (χ2v) is 5.47. The van der Waals surface area contributed by atoms with Gasteiger partial charge in [-0.1, -0.05) is 35.3 Å². The van der Waals surface area contributed by atoms with Gasteiger partial charge in [0.15, 0.2) is 0 Å². The molecule has 0 aliphatic rings. The standard InChI is InChI=1S/C13H11Cl2NS/c14-12-6-5-11(7-13(12)15)17-8-9-1-3-10(16)4-2-9/h1-7H,8,16H2. The quantitative estimate of drug-likeness (QED) is 0.643. The van der Waals surface area contributed by atoms with Gasteiger partial charge in [0.2, 0.25) is 0 Å². The summed E-state index contributed by atoms with van der Waals surface area (Å²) in [6, 6.07) is 13.5. The van der Waals surface area contributed by atoms with Gasteiger partial charge >= 0.3 is 0 Å². The number of benzene rings is 2. The summed E-state index contributed by atoms with van der Waals surface area (Å²) in [6.45, 7) is 0. The normalized spacial score (nSPS) is 10.5. The van der Waals surface area contributed by atoms with Crippen LogP contribution in [0.5, 0.6) is 0 Å². The van der Waals surface area contributed by atoms with Crippen molar-refractivity contribution in [1.29, 1.82) is 0 Å². The van der Waals surface area contributed by atoms with Gasteiger partial charge in [0, 0.05) is 16.3 Å². The predicted molar refractivity (Wildman–Crippen MR) is 76.9 cm³/mol. The maximum Gasteiger partial charge on any atom is 0.0603 e. The van der Waals surface area contributed by atoms with Crippen molar-refractivity contribution in [2.75, 3.05) is 5.73 Å². The van der Waals surface area contributed by atoms with E-state index in [0.717, 1.165) is 16.3 Å². The Hall–Kier alpha value is -0.830. The lowest BCUT2D eigenvalue weighted by molar-refractivity contribution is 1.38. The van der Waals surface area contributed by atoms with Crippen LogP contribution in [0.25, 0.3) is 0 Å². The summed E-state index contributed by atoms with van der Waals surface area (Å²) >= 11 is 13.5. The van der Waals surface area contributed by atoms with E-state index in [-0.39, 0.29) is 0 Å². The number of nitrogen functional groups attached to an aromatic ring is 1. The van der Waals surface area contributed by atoms with E-state index in [0.29, 0.717) is 10.0 Å². The van der Waals surface area contributed by atoms with Crippen LogP contribution in [0, 0.1) is 0 Å². The van der Waals surface area contributed by atoms with Gasteiger partial charge in [0.1, 0.15) is 0 Å². The van der Waals surface area contributed by atoms with Crippen LogP contribution >= 0.6 is 35.0 Å². The molecule has 0 aliphatic carbocycles. The second kappa shape index (κ2) is 5.67. The molecular weight excluding hydrogens is 273 g/mol. The van der Waals surface area contributed by atoms with Crippen LogP contribution in [-0.2, 0) is 5.75 Å².